The van der Waals surface area contributed by atoms with E-state index in [9.17, 15) is 0 Å². The van der Waals surface area contributed by atoms with E-state index in [1.54, 1.807) is 0 Å². The van der Waals surface area contributed by atoms with Crippen LogP contribution in [0.15, 0.2) is 18.2 Å². The molecule has 0 aromatic heterocycles. The van der Waals surface area contributed by atoms with Crippen LogP contribution in [0.1, 0.15) is 37.4 Å². The molecule has 0 saturated heterocycles. The average molecular weight is 237 g/mol. The van der Waals surface area contributed by atoms with Crippen molar-refractivity contribution in [3.63, 3.8) is 0 Å². The van der Waals surface area contributed by atoms with E-state index in [0.717, 1.165) is 24.3 Å². The second kappa shape index (κ2) is 7.30. The molecule has 0 aliphatic carbocycles. The van der Waals surface area contributed by atoms with E-state index in [1.807, 2.05) is 19.1 Å². The van der Waals surface area contributed by atoms with Gasteiger partial charge in [0.15, 0.2) is 0 Å². The Bertz CT molecular complexity index is 337. The minimum Gasteiger partial charge on any atom is -0.491 e. The Hall–Kier alpha value is -1.06. The van der Waals surface area contributed by atoms with E-state index in [4.69, 9.17) is 15.2 Å². The molecule has 1 aromatic carbocycles. The molecule has 1 unspecified atom stereocenters. The smallest absolute Gasteiger partial charge is 0.124 e. The summed E-state index contributed by atoms with van der Waals surface area (Å²) < 4.78 is 11.1. The Kier molecular flexibility index (Phi) is 6.01. The first-order valence-corrected chi connectivity index (χ1v) is 6.21. The fourth-order valence-electron chi connectivity index (χ4n) is 1.61. The van der Waals surface area contributed by atoms with Gasteiger partial charge >= 0.3 is 0 Å². The van der Waals surface area contributed by atoms with E-state index in [-0.39, 0.29) is 6.04 Å². The lowest BCUT2D eigenvalue weighted by Crippen LogP contribution is -2.11. The summed E-state index contributed by atoms with van der Waals surface area (Å²) in [6, 6.07) is 6.08. The molecular formula is C14H23NO2. The summed E-state index contributed by atoms with van der Waals surface area (Å²) in [4.78, 5) is 0. The molecule has 0 fully saturated rings. The van der Waals surface area contributed by atoms with Gasteiger partial charge in [0.1, 0.15) is 12.4 Å². The van der Waals surface area contributed by atoms with Gasteiger partial charge in [0.2, 0.25) is 0 Å². The maximum atomic E-state index is 5.92. The fraction of sp³-hybridized carbons (Fsp3) is 0.571. The van der Waals surface area contributed by atoms with E-state index in [2.05, 4.69) is 19.9 Å². The first kappa shape index (κ1) is 14.0. The van der Waals surface area contributed by atoms with Gasteiger partial charge in [-0.05, 0) is 26.3 Å². The van der Waals surface area contributed by atoms with Crippen LogP contribution >= 0.6 is 0 Å². The van der Waals surface area contributed by atoms with Crippen molar-refractivity contribution in [2.45, 2.75) is 33.2 Å². The van der Waals surface area contributed by atoms with Crippen LogP contribution in [0.5, 0.6) is 5.75 Å². The first-order valence-electron chi connectivity index (χ1n) is 6.21. The minimum absolute atomic E-state index is 0.0125. The molecular weight excluding hydrogens is 214 g/mol. The van der Waals surface area contributed by atoms with Gasteiger partial charge in [0.25, 0.3) is 0 Å². The Morgan fingerprint density at radius 3 is 2.65 bits per heavy atom. The second-order valence-electron chi connectivity index (χ2n) is 4.29. The Labute approximate surface area is 104 Å². The number of hydrogen-bond acceptors (Lipinski definition) is 3. The molecule has 3 nitrogen and oxygen atoms in total. The minimum atomic E-state index is -0.0125. The molecule has 0 heterocycles. The Morgan fingerprint density at radius 1 is 1.24 bits per heavy atom. The van der Waals surface area contributed by atoms with Gasteiger partial charge in [-0.25, -0.2) is 0 Å². The third-order valence-corrected chi connectivity index (χ3v) is 2.49. The van der Waals surface area contributed by atoms with Gasteiger partial charge < -0.3 is 15.2 Å². The van der Waals surface area contributed by atoms with Gasteiger partial charge in [0, 0.05) is 18.2 Å². The molecule has 0 aliphatic heterocycles. The van der Waals surface area contributed by atoms with Crippen LogP contribution in [-0.4, -0.2) is 19.8 Å². The zero-order chi connectivity index (χ0) is 12.7. The predicted molar refractivity (Wildman–Crippen MR) is 70.4 cm³/mol. The summed E-state index contributed by atoms with van der Waals surface area (Å²) >= 11 is 0. The molecule has 0 spiro atoms. The summed E-state index contributed by atoms with van der Waals surface area (Å²) in [6.45, 7) is 8.10. The van der Waals surface area contributed by atoms with Gasteiger partial charge in [-0.3, -0.25) is 0 Å². The molecule has 3 heteroatoms. The summed E-state index contributed by atoms with van der Waals surface area (Å²) in [5.41, 5.74) is 8.18. The van der Waals surface area contributed by atoms with Crippen molar-refractivity contribution in [1.29, 1.82) is 0 Å². The lowest BCUT2D eigenvalue weighted by molar-refractivity contribution is 0.100. The van der Waals surface area contributed by atoms with Crippen LogP contribution < -0.4 is 10.5 Å². The molecule has 1 atom stereocenters. The lowest BCUT2D eigenvalue weighted by Gasteiger charge is -2.14. The highest BCUT2D eigenvalue weighted by Crippen LogP contribution is 2.24. The van der Waals surface area contributed by atoms with Crippen molar-refractivity contribution < 1.29 is 9.47 Å². The standard InChI is InChI=1S/C14H23NO2/c1-4-7-16-8-9-17-14-6-5-11(2)10-13(14)12(3)15/h5-6,10,12H,4,7-9,15H2,1-3H3. The maximum Gasteiger partial charge on any atom is 0.124 e. The Morgan fingerprint density at radius 2 is 2.00 bits per heavy atom. The molecule has 0 radical (unpaired) electrons. The quantitative estimate of drug-likeness (QED) is 0.742. The van der Waals surface area contributed by atoms with Crippen LogP contribution in [-0.2, 0) is 4.74 Å². The second-order valence-corrected chi connectivity index (χ2v) is 4.29. The molecule has 0 aliphatic rings. The zero-order valence-electron chi connectivity index (χ0n) is 11.0. The van der Waals surface area contributed by atoms with Crippen molar-refractivity contribution in [1.82, 2.24) is 0 Å². The van der Waals surface area contributed by atoms with Gasteiger partial charge in [0.05, 0.1) is 6.61 Å². The van der Waals surface area contributed by atoms with Crippen molar-refractivity contribution in [2.24, 2.45) is 5.73 Å². The number of rotatable bonds is 7. The number of benzene rings is 1. The Balaban J connectivity index is 2.52. The lowest BCUT2D eigenvalue weighted by atomic mass is 10.1. The van der Waals surface area contributed by atoms with E-state index < -0.39 is 0 Å². The topological polar surface area (TPSA) is 44.5 Å². The van der Waals surface area contributed by atoms with Crippen LogP contribution in [0.25, 0.3) is 0 Å². The molecule has 17 heavy (non-hydrogen) atoms. The molecule has 2 N–H and O–H groups in total. The largest absolute Gasteiger partial charge is 0.491 e. The molecule has 1 rings (SSSR count). The molecule has 96 valence electrons. The molecule has 0 bridgehead atoms. The third-order valence-electron chi connectivity index (χ3n) is 2.49. The monoisotopic (exact) mass is 237 g/mol. The van der Waals surface area contributed by atoms with E-state index in [0.29, 0.717) is 13.2 Å². The van der Waals surface area contributed by atoms with Crippen molar-refractivity contribution in [2.75, 3.05) is 19.8 Å². The van der Waals surface area contributed by atoms with Gasteiger partial charge in [-0.1, -0.05) is 24.6 Å². The highest BCUT2D eigenvalue weighted by Gasteiger charge is 2.08. The number of nitrogens with two attached hydrogens (primary N) is 1. The van der Waals surface area contributed by atoms with E-state index in [1.165, 1.54) is 5.56 Å². The summed E-state index contributed by atoms with van der Waals surface area (Å²) in [5, 5.41) is 0. The average Bonchev–Trinajstić information content (AvgIpc) is 2.30. The number of hydrogen-bond donors (Lipinski definition) is 1. The maximum absolute atomic E-state index is 5.92. The van der Waals surface area contributed by atoms with Crippen molar-refractivity contribution in [3.8, 4) is 5.75 Å². The van der Waals surface area contributed by atoms with Gasteiger partial charge in [-0.2, -0.15) is 0 Å². The third kappa shape index (κ3) is 4.75. The first-order chi connectivity index (χ1) is 8.15. The predicted octanol–water partition coefficient (Wildman–Crippen LogP) is 2.82. The molecule has 0 amide bonds. The van der Waals surface area contributed by atoms with Crippen LogP contribution in [0.3, 0.4) is 0 Å². The SMILES string of the molecule is CCCOCCOc1ccc(C)cc1C(C)N. The van der Waals surface area contributed by atoms with Crippen LogP contribution in [0.4, 0.5) is 0 Å². The highest BCUT2D eigenvalue weighted by molar-refractivity contribution is 5.38. The van der Waals surface area contributed by atoms with Crippen molar-refractivity contribution in [3.05, 3.63) is 29.3 Å². The number of aryl methyl sites for hydroxylation is 1. The van der Waals surface area contributed by atoms with Crippen LogP contribution in [0, 0.1) is 6.92 Å². The molecule has 0 saturated carbocycles. The van der Waals surface area contributed by atoms with Gasteiger partial charge in [-0.15, -0.1) is 0 Å². The van der Waals surface area contributed by atoms with Crippen molar-refractivity contribution >= 4 is 0 Å². The zero-order valence-corrected chi connectivity index (χ0v) is 11.0. The summed E-state index contributed by atoms with van der Waals surface area (Å²) in [7, 11) is 0. The van der Waals surface area contributed by atoms with E-state index >= 15 is 0 Å². The van der Waals surface area contributed by atoms with Crippen LogP contribution in [0.2, 0.25) is 0 Å². The normalized spacial score (nSPS) is 12.5. The summed E-state index contributed by atoms with van der Waals surface area (Å²) in [5.74, 6) is 0.866. The highest BCUT2D eigenvalue weighted by atomic mass is 16.5. The fourth-order valence-corrected chi connectivity index (χ4v) is 1.61. The summed E-state index contributed by atoms with van der Waals surface area (Å²) in [6.07, 6.45) is 1.04. The number of ether oxygens (including phenoxy) is 2. The molecule has 1 aromatic rings.